The smallest absolute Gasteiger partial charge is 0.391 e. The van der Waals surface area contributed by atoms with Crippen molar-refractivity contribution in [3.63, 3.8) is 0 Å². The predicted octanol–water partition coefficient (Wildman–Crippen LogP) is 2.15. The van der Waals surface area contributed by atoms with Crippen LogP contribution in [-0.2, 0) is 6.54 Å². The second-order valence-electron chi connectivity index (χ2n) is 7.68. The third-order valence-corrected chi connectivity index (χ3v) is 3.82. The molecule has 128 valence electrons. The molecule has 6 heteroatoms. The molecule has 1 aromatic heterocycles. The molecule has 1 saturated heterocycles. The molecule has 1 aromatic rings. The van der Waals surface area contributed by atoms with Crippen molar-refractivity contribution in [3.05, 3.63) is 23.9 Å². The quantitative estimate of drug-likeness (QED) is 0.893. The highest BCUT2D eigenvalue weighted by Gasteiger charge is 2.29. The molecule has 0 unspecified atom stereocenters. The van der Waals surface area contributed by atoms with E-state index in [2.05, 4.69) is 34.4 Å². The minimum absolute atomic E-state index is 0.125. The number of ether oxygens (including phenoxy) is 1. The number of pyridine rings is 1. The van der Waals surface area contributed by atoms with Gasteiger partial charge in [-0.2, -0.15) is 0 Å². The molecular weight excluding hydrogens is 292 g/mol. The van der Waals surface area contributed by atoms with Crippen LogP contribution in [0.2, 0.25) is 0 Å². The molecule has 0 spiro atoms. The molecule has 0 aromatic carbocycles. The summed E-state index contributed by atoms with van der Waals surface area (Å²) < 4.78 is 5.19. The van der Waals surface area contributed by atoms with Crippen LogP contribution in [-0.4, -0.2) is 46.7 Å². The monoisotopic (exact) mass is 320 g/mol. The zero-order valence-electron chi connectivity index (χ0n) is 14.8. The van der Waals surface area contributed by atoms with Gasteiger partial charge in [-0.1, -0.05) is 6.07 Å². The molecule has 2 heterocycles. The number of nitrogens with zero attached hydrogens (tertiary/aromatic N) is 2. The minimum Gasteiger partial charge on any atom is -0.391 e. The molecule has 23 heavy (non-hydrogen) atoms. The normalized spacial score (nSPS) is 18.5. The van der Waals surface area contributed by atoms with E-state index < -0.39 is 6.09 Å². The maximum atomic E-state index is 11.7. The Morgan fingerprint density at radius 1 is 1.43 bits per heavy atom. The average molecular weight is 320 g/mol. The Balaban J connectivity index is 1.93. The van der Waals surface area contributed by atoms with Crippen LogP contribution in [0.3, 0.4) is 0 Å². The first-order chi connectivity index (χ1) is 10.7. The van der Waals surface area contributed by atoms with Crippen molar-refractivity contribution in [2.24, 2.45) is 0 Å². The summed E-state index contributed by atoms with van der Waals surface area (Å²) in [6, 6.07) is 3.71. The molecular formula is C17H28N4O2. The second-order valence-corrected chi connectivity index (χ2v) is 7.68. The average Bonchev–Trinajstić information content (AvgIpc) is 2.41. The molecule has 0 aliphatic carbocycles. The lowest BCUT2D eigenvalue weighted by Crippen LogP contribution is -2.57. The van der Waals surface area contributed by atoms with Crippen LogP contribution < -0.4 is 15.4 Å². The number of rotatable bonds is 3. The number of carbonyl (C=O) groups excluding carboxylic acids is 1. The van der Waals surface area contributed by atoms with Crippen LogP contribution >= 0.6 is 0 Å². The van der Waals surface area contributed by atoms with E-state index >= 15 is 0 Å². The van der Waals surface area contributed by atoms with Gasteiger partial charge in [0.05, 0.1) is 0 Å². The van der Waals surface area contributed by atoms with Gasteiger partial charge in [-0.25, -0.2) is 9.78 Å². The number of aromatic nitrogens is 1. The highest BCUT2D eigenvalue weighted by atomic mass is 16.6. The number of amides is 1. The fourth-order valence-corrected chi connectivity index (χ4v) is 2.53. The van der Waals surface area contributed by atoms with Crippen molar-refractivity contribution in [2.75, 3.05) is 19.6 Å². The zero-order chi connectivity index (χ0) is 17.1. The van der Waals surface area contributed by atoms with Crippen molar-refractivity contribution >= 4 is 6.09 Å². The molecule has 0 radical (unpaired) electrons. The lowest BCUT2D eigenvalue weighted by Gasteiger charge is -2.42. The minimum atomic E-state index is -0.485. The van der Waals surface area contributed by atoms with Crippen molar-refractivity contribution in [1.29, 1.82) is 0 Å². The van der Waals surface area contributed by atoms with E-state index in [1.807, 2.05) is 26.8 Å². The Morgan fingerprint density at radius 3 is 2.74 bits per heavy atom. The highest BCUT2D eigenvalue weighted by Crippen LogP contribution is 2.20. The van der Waals surface area contributed by atoms with Gasteiger partial charge < -0.3 is 15.4 Å². The maximum Gasteiger partial charge on any atom is 0.414 e. The molecule has 2 N–H and O–H groups in total. The van der Waals surface area contributed by atoms with Gasteiger partial charge in [0.1, 0.15) is 0 Å². The lowest BCUT2D eigenvalue weighted by atomic mass is 9.99. The molecule has 6 nitrogen and oxygen atoms in total. The Morgan fingerprint density at radius 2 is 2.17 bits per heavy atom. The van der Waals surface area contributed by atoms with Crippen molar-refractivity contribution < 1.29 is 9.53 Å². The number of nitrogens with one attached hydrogen (secondary N) is 2. The fraction of sp³-hybridized carbons (Fsp3) is 0.647. The van der Waals surface area contributed by atoms with E-state index in [1.54, 1.807) is 12.3 Å². The van der Waals surface area contributed by atoms with Gasteiger partial charge in [0.15, 0.2) is 0 Å². The Hall–Kier alpha value is -1.66. The summed E-state index contributed by atoms with van der Waals surface area (Å²) in [7, 11) is 0. The summed E-state index contributed by atoms with van der Waals surface area (Å²) >= 11 is 0. The maximum absolute atomic E-state index is 11.7. The molecule has 0 bridgehead atoms. The molecule has 1 amide bonds. The van der Waals surface area contributed by atoms with Gasteiger partial charge in [0.2, 0.25) is 5.88 Å². The van der Waals surface area contributed by atoms with Crippen LogP contribution in [0.4, 0.5) is 4.79 Å². The van der Waals surface area contributed by atoms with Gasteiger partial charge in [-0.05, 0) is 40.2 Å². The van der Waals surface area contributed by atoms with E-state index in [1.165, 1.54) is 0 Å². The molecule has 0 saturated carbocycles. The molecule has 1 aliphatic heterocycles. The van der Waals surface area contributed by atoms with Crippen LogP contribution in [0.25, 0.3) is 0 Å². The van der Waals surface area contributed by atoms with Gasteiger partial charge in [0, 0.05) is 49.5 Å². The first kappa shape index (κ1) is 17.7. The van der Waals surface area contributed by atoms with Crippen molar-refractivity contribution in [3.8, 4) is 5.88 Å². The van der Waals surface area contributed by atoms with Gasteiger partial charge in [-0.3, -0.25) is 4.90 Å². The van der Waals surface area contributed by atoms with Crippen molar-refractivity contribution in [2.45, 2.75) is 52.2 Å². The fourth-order valence-electron chi connectivity index (χ4n) is 2.53. The summed E-state index contributed by atoms with van der Waals surface area (Å²) in [5, 5.41) is 6.16. The van der Waals surface area contributed by atoms with Gasteiger partial charge >= 0.3 is 6.09 Å². The second kappa shape index (κ2) is 6.84. The van der Waals surface area contributed by atoms with Crippen LogP contribution in [0.5, 0.6) is 5.88 Å². The summed E-state index contributed by atoms with van der Waals surface area (Å²) in [6.45, 7) is 14.0. The van der Waals surface area contributed by atoms with Crippen LogP contribution in [0, 0.1) is 0 Å². The SMILES string of the molecule is CC(C)(C)NC(=O)Oc1ccc(CN2CCNCC2(C)C)cn1. The third-order valence-electron chi connectivity index (χ3n) is 3.82. The number of hydrogen-bond donors (Lipinski definition) is 2. The van der Waals surface area contributed by atoms with E-state index in [0.29, 0.717) is 5.88 Å². The number of piperazine rings is 1. The summed E-state index contributed by atoms with van der Waals surface area (Å²) in [5.74, 6) is 0.315. The molecule has 2 rings (SSSR count). The van der Waals surface area contributed by atoms with Gasteiger partial charge in [0.25, 0.3) is 0 Å². The Kier molecular flexibility index (Phi) is 5.26. The predicted molar refractivity (Wildman–Crippen MR) is 90.5 cm³/mol. The third kappa shape index (κ3) is 5.48. The summed E-state index contributed by atoms with van der Waals surface area (Å²) in [5.41, 5.74) is 0.911. The number of carbonyl (C=O) groups is 1. The largest absolute Gasteiger partial charge is 0.414 e. The van der Waals surface area contributed by atoms with E-state index in [0.717, 1.165) is 31.7 Å². The van der Waals surface area contributed by atoms with Gasteiger partial charge in [-0.15, -0.1) is 0 Å². The van der Waals surface area contributed by atoms with E-state index in [9.17, 15) is 4.79 Å². The molecule has 0 atom stereocenters. The lowest BCUT2D eigenvalue weighted by molar-refractivity contribution is 0.0826. The standard InChI is InChI=1S/C17H28N4O2/c1-16(2,3)20-15(22)23-14-7-6-13(10-19-14)11-21-9-8-18-12-17(21,4)5/h6-7,10,18H,8-9,11-12H2,1-5H3,(H,20,22). The highest BCUT2D eigenvalue weighted by molar-refractivity contribution is 5.70. The van der Waals surface area contributed by atoms with Crippen molar-refractivity contribution in [1.82, 2.24) is 20.5 Å². The molecule has 1 fully saturated rings. The first-order valence-corrected chi connectivity index (χ1v) is 8.06. The van der Waals surface area contributed by atoms with E-state index in [-0.39, 0.29) is 11.1 Å². The molecule has 1 aliphatic rings. The van der Waals surface area contributed by atoms with Crippen LogP contribution in [0.1, 0.15) is 40.2 Å². The Labute approximate surface area is 138 Å². The topological polar surface area (TPSA) is 66.5 Å². The van der Waals surface area contributed by atoms with Crippen LogP contribution in [0.15, 0.2) is 18.3 Å². The Bertz CT molecular complexity index is 535. The summed E-state index contributed by atoms with van der Waals surface area (Å²) in [6.07, 6.45) is 1.29. The number of hydrogen-bond acceptors (Lipinski definition) is 5. The summed E-state index contributed by atoms with van der Waals surface area (Å²) in [4.78, 5) is 18.4. The zero-order valence-corrected chi connectivity index (χ0v) is 14.8. The first-order valence-electron chi connectivity index (χ1n) is 8.06. The van der Waals surface area contributed by atoms with E-state index in [4.69, 9.17) is 4.74 Å².